The van der Waals surface area contributed by atoms with Crippen LogP contribution >= 0.6 is 23.8 Å². The van der Waals surface area contributed by atoms with E-state index in [1.807, 2.05) is 31.2 Å². The van der Waals surface area contributed by atoms with Gasteiger partial charge in [0.25, 0.3) is 5.69 Å². The van der Waals surface area contributed by atoms with Crippen LogP contribution in [0.5, 0.6) is 0 Å². The number of thiocarbonyl (C=S) groups is 1. The van der Waals surface area contributed by atoms with Crippen molar-refractivity contribution >= 4 is 46.3 Å². The summed E-state index contributed by atoms with van der Waals surface area (Å²) in [6.45, 7) is 4.02. The summed E-state index contributed by atoms with van der Waals surface area (Å²) in [7, 11) is 1.51. The third-order valence-corrected chi connectivity index (χ3v) is 5.61. The number of nitro benzene ring substituents is 1. The van der Waals surface area contributed by atoms with Gasteiger partial charge in [0.15, 0.2) is 5.11 Å². The summed E-state index contributed by atoms with van der Waals surface area (Å²) in [5.41, 5.74) is 2.85. The number of carbonyl (C=O) groups excluding carboxylic acids is 1. The van der Waals surface area contributed by atoms with Gasteiger partial charge in [-0.1, -0.05) is 29.8 Å². The number of esters is 1. The molecule has 32 heavy (non-hydrogen) atoms. The van der Waals surface area contributed by atoms with Gasteiger partial charge in [0.05, 0.1) is 23.1 Å². The number of allylic oxidation sites excluding steroid dienone is 1. The van der Waals surface area contributed by atoms with E-state index in [1.165, 1.54) is 19.2 Å². The van der Waals surface area contributed by atoms with Crippen molar-refractivity contribution in [1.29, 1.82) is 0 Å². The first-order valence-electron chi connectivity index (χ1n) is 9.72. The van der Waals surface area contributed by atoms with Crippen molar-refractivity contribution in [3.8, 4) is 0 Å². The molecule has 3 rings (SSSR count). The number of nitro groups is 1. The van der Waals surface area contributed by atoms with E-state index in [0.29, 0.717) is 16.4 Å². The lowest BCUT2D eigenvalue weighted by atomic mass is 9.94. The molecular weight excluding hydrogens is 454 g/mol. The zero-order chi connectivity index (χ0) is 23.4. The van der Waals surface area contributed by atoms with Crippen LogP contribution in [0.3, 0.4) is 0 Å². The van der Waals surface area contributed by atoms with Crippen molar-refractivity contribution in [2.75, 3.05) is 25.2 Å². The van der Waals surface area contributed by atoms with E-state index < -0.39 is 16.9 Å². The summed E-state index contributed by atoms with van der Waals surface area (Å²) in [6.07, 6.45) is 0. The van der Waals surface area contributed by atoms with Crippen LogP contribution < -0.4 is 10.2 Å². The van der Waals surface area contributed by atoms with Crippen molar-refractivity contribution in [1.82, 2.24) is 5.32 Å². The van der Waals surface area contributed by atoms with Crippen molar-refractivity contribution in [2.24, 2.45) is 0 Å². The molecule has 0 saturated carbocycles. The summed E-state index contributed by atoms with van der Waals surface area (Å²) >= 11 is 11.6. The maximum atomic E-state index is 13.1. The first-order chi connectivity index (χ1) is 15.2. The van der Waals surface area contributed by atoms with Crippen LogP contribution in [0.2, 0.25) is 5.02 Å². The molecule has 0 aliphatic carbocycles. The Kier molecular flexibility index (Phi) is 7.44. The molecule has 0 aromatic heterocycles. The second-order valence-corrected chi connectivity index (χ2v) is 7.95. The Morgan fingerprint density at radius 1 is 1.25 bits per heavy atom. The second-order valence-electron chi connectivity index (χ2n) is 7.15. The van der Waals surface area contributed by atoms with Crippen molar-refractivity contribution < 1.29 is 19.2 Å². The molecule has 0 saturated heterocycles. The number of ether oxygens (including phenoxy) is 2. The van der Waals surface area contributed by atoms with E-state index in [0.717, 1.165) is 11.3 Å². The Balaban J connectivity index is 2.12. The molecule has 1 atom stereocenters. The molecule has 2 aromatic carbocycles. The van der Waals surface area contributed by atoms with Crippen LogP contribution in [0.25, 0.3) is 0 Å². The molecule has 8 nitrogen and oxygen atoms in total. The minimum absolute atomic E-state index is 0.00319. The SMILES string of the molecule is COCCOC(=O)C1=C(C)N(c2cccc(C)c2)C(=S)NC1c1ccc(Cl)c([N+](=O)[O-])c1. The van der Waals surface area contributed by atoms with Crippen LogP contribution in [-0.4, -0.2) is 36.3 Å². The maximum Gasteiger partial charge on any atom is 0.338 e. The molecule has 2 aromatic rings. The number of aryl methyl sites for hydroxylation is 1. The standard InChI is InChI=1S/C22H22ClN3O5S/c1-13-5-4-6-16(11-13)25-14(2)19(21(27)31-10-9-30-3)20(24-22(25)32)15-7-8-17(23)18(12-15)26(28)29/h4-8,11-12,20H,9-10H2,1-3H3,(H,24,32). The van der Waals surface area contributed by atoms with Gasteiger partial charge in [-0.15, -0.1) is 0 Å². The summed E-state index contributed by atoms with van der Waals surface area (Å²) in [6, 6.07) is 11.3. The van der Waals surface area contributed by atoms with Crippen molar-refractivity contribution in [2.45, 2.75) is 19.9 Å². The fourth-order valence-electron chi connectivity index (χ4n) is 3.48. The molecule has 0 radical (unpaired) electrons. The molecule has 0 bridgehead atoms. The number of methoxy groups -OCH3 is 1. The highest BCUT2D eigenvalue weighted by Crippen LogP contribution is 2.37. The van der Waals surface area contributed by atoms with Crippen LogP contribution in [0.1, 0.15) is 24.1 Å². The summed E-state index contributed by atoms with van der Waals surface area (Å²) in [4.78, 5) is 25.7. The number of rotatable bonds is 7. The lowest BCUT2D eigenvalue weighted by Gasteiger charge is -2.37. The zero-order valence-electron chi connectivity index (χ0n) is 17.8. The Bertz CT molecular complexity index is 1100. The molecule has 1 aliphatic rings. The van der Waals surface area contributed by atoms with Crippen molar-refractivity contribution in [3.63, 3.8) is 0 Å². The monoisotopic (exact) mass is 475 g/mol. The molecule has 10 heteroatoms. The highest BCUT2D eigenvalue weighted by Gasteiger charge is 2.36. The number of halogens is 1. The number of nitrogens with one attached hydrogen (secondary N) is 1. The van der Waals surface area contributed by atoms with Crippen LogP contribution in [0, 0.1) is 17.0 Å². The lowest BCUT2D eigenvalue weighted by molar-refractivity contribution is -0.384. The zero-order valence-corrected chi connectivity index (χ0v) is 19.3. The average molecular weight is 476 g/mol. The predicted molar refractivity (Wildman–Crippen MR) is 126 cm³/mol. The number of nitrogens with zero attached hydrogens (tertiary/aromatic N) is 2. The van der Waals surface area contributed by atoms with Gasteiger partial charge in [-0.3, -0.25) is 15.0 Å². The first-order valence-corrected chi connectivity index (χ1v) is 10.5. The van der Waals surface area contributed by atoms with Crippen molar-refractivity contribution in [3.05, 3.63) is 80.0 Å². The van der Waals surface area contributed by atoms with Crippen LogP contribution in [-0.2, 0) is 14.3 Å². The van der Waals surface area contributed by atoms with E-state index >= 15 is 0 Å². The van der Waals surface area contributed by atoms with E-state index in [1.54, 1.807) is 17.9 Å². The molecule has 0 spiro atoms. The number of benzene rings is 2. The number of carbonyl (C=O) groups is 1. The second kappa shape index (κ2) is 10.1. The highest BCUT2D eigenvalue weighted by molar-refractivity contribution is 7.80. The Morgan fingerprint density at radius 2 is 2.00 bits per heavy atom. The van der Waals surface area contributed by atoms with Gasteiger partial charge in [0.2, 0.25) is 0 Å². The number of anilines is 1. The van der Waals surface area contributed by atoms with Gasteiger partial charge < -0.3 is 14.8 Å². The normalized spacial score (nSPS) is 16.1. The molecule has 168 valence electrons. The van der Waals surface area contributed by atoms with Gasteiger partial charge in [-0.25, -0.2) is 4.79 Å². The van der Waals surface area contributed by atoms with E-state index in [-0.39, 0.29) is 29.5 Å². The van der Waals surface area contributed by atoms with Gasteiger partial charge >= 0.3 is 5.97 Å². The van der Waals surface area contributed by atoms with E-state index in [4.69, 9.17) is 33.3 Å². The fourth-order valence-corrected chi connectivity index (χ4v) is 4.03. The quantitative estimate of drug-likeness (QED) is 0.206. The number of hydrogen-bond donors (Lipinski definition) is 1. The summed E-state index contributed by atoms with van der Waals surface area (Å²) in [5, 5.41) is 14.9. The minimum Gasteiger partial charge on any atom is -0.460 e. The van der Waals surface area contributed by atoms with Gasteiger partial charge in [-0.05, 0) is 55.4 Å². The first kappa shape index (κ1) is 23.6. The van der Waals surface area contributed by atoms with E-state index in [2.05, 4.69) is 5.32 Å². The van der Waals surface area contributed by atoms with Gasteiger partial charge in [-0.2, -0.15) is 0 Å². The molecule has 0 fully saturated rings. The Hall–Kier alpha value is -3.01. The largest absolute Gasteiger partial charge is 0.460 e. The van der Waals surface area contributed by atoms with Gasteiger partial charge in [0.1, 0.15) is 11.6 Å². The predicted octanol–water partition coefficient (Wildman–Crippen LogP) is 4.46. The Morgan fingerprint density at radius 3 is 2.66 bits per heavy atom. The molecule has 1 N–H and O–H groups in total. The molecule has 1 aliphatic heterocycles. The van der Waals surface area contributed by atoms with Crippen LogP contribution in [0.4, 0.5) is 11.4 Å². The van der Waals surface area contributed by atoms with E-state index in [9.17, 15) is 14.9 Å². The molecule has 1 heterocycles. The summed E-state index contributed by atoms with van der Waals surface area (Å²) < 4.78 is 10.4. The van der Waals surface area contributed by atoms with Crippen LogP contribution in [0.15, 0.2) is 53.7 Å². The average Bonchev–Trinajstić information content (AvgIpc) is 2.73. The third kappa shape index (κ3) is 4.90. The maximum absolute atomic E-state index is 13.1. The molecule has 0 amide bonds. The number of hydrogen-bond acceptors (Lipinski definition) is 6. The highest BCUT2D eigenvalue weighted by atomic mass is 35.5. The summed E-state index contributed by atoms with van der Waals surface area (Å²) in [5.74, 6) is -0.574. The van der Waals surface area contributed by atoms with Gasteiger partial charge in [0, 0.05) is 24.6 Å². The third-order valence-electron chi connectivity index (χ3n) is 4.99. The minimum atomic E-state index is -0.755. The molecular formula is C22H22ClN3O5S. The fraction of sp³-hybridized carbons (Fsp3) is 0.273. The topological polar surface area (TPSA) is 93.9 Å². The molecule has 1 unspecified atom stereocenters. The Labute approximate surface area is 195 Å². The smallest absolute Gasteiger partial charge is 0.338 e. The lowest BCUT2D eigenvalue weighted by Crippen LogP contribution is -2.48.